The Morgan fingerprint density at radius 3 is 2.69 bits per heavy atom. The summed E-state index contributed by atoms with van der Waals surface area (Å²) >= 11 is 0. The van der Waals surface area contributed by atoms with E-state index in [0.29, 0.717) is 6.61 Å². The Hall–Kier alpha value is -0.600. The summed E-state index contributed by atoms with van der Waals surface area (Å²) in [7, 11) is 1.65. The van der Waals surface area contributed by atoms with Crippen molar-refractivity contribution in [3.05, 3.63) is 23.8 Å². The van der Waals surface area contributed by atoms with Crippen LogP contribution in [0.2, 0.25) is 0 Å². The molecule has 13 heavy (non-hydrogen) atoms. The van der Waals surface area contributed by atoms with Crippen molar-refractivity contribution in [3.63, 3.8) is 0 Å². The third kappa shape index (κ3) is 2.01. The summed E-state index contributed by atoms with van der Waals surface area (Å²) in [5.41, 5.74) is 1.91. The van der Waals surface area contributed by atoms with E-state index < -0.39 is 6.10 Å². The molecular weight excluding hydrogens is 164 g/mol. The van der Waals surface area contributed by atoms with Gasteiger partial charge in [0.2, 0.25) is 0 Å². The molecule has 1 atom stereocenters. The van der Waals surface area contributed by atoms with E-state index in [1.54, 1.807) is 7.11 Å². The molecule has 1 rings (SSSR count). The van der Waals surface area contributed by atoms with Crippen molar-refractivity contribution in [2.24, 2.45) is 5.41 Å². The third-order valence-electron chi connectivity index (χ3n) is 2.58. The number of hydrogen-bond acceptors (Lipinski definition) is 2. The van der Waals surface area contributed by atoms with Crippen LogP contribution >= 0.6 is 0 Å². The molecule has 74 valence electrons. The summed E-state index contributed by atoms with van der Waals surface area (Å²) < 4.78 is 4.94. The molecule has 1 N–H and O–H groups in total. The van der Waals surface area contributed by atoms with Crippen molar-refractivity contribution in [1.29, 1.82) is 0 Å². The summed E-state index contributed by atoms with van der Waals surface area (Å²) in [5, 5.41) is 9.93. The summed E-state index contributed by atoms with van der Waals surface area (Å²) in [4.78, 5) is 0. The maximum absolute atomic E-state index is 9.93. The van der Waals surface area contributed by atoms with Crippen LogP contribution in [-0.2, 0) is 4.74 Å². The van der Waals surface area contributed by atoms with E-state index in [-0.39, 0.29) is 5.41 Å². The predicted octanol–water partition coefficient (Wildman–Crippen LogP) is 1.91. The van der Waals surface area contributed by atoms with E-state index in [0.717, 1.165) is 17.6 Å². The summed E-state index contributed by atoms with van der Waals surface area (Å²) in [6.07, 6.45) is 2.39. The Balaban J connectivity index is 2.82. The lowest BCUT2D eigenvalue weighted by atomic mass is 9.88. The highest BCUT2D eigenvalue weighted by atomic mass is 16.5. The maximum atomic E-state index is 9.93. The molecule has 1 unspecified atom stereocenters. The molecule has 2 heteroatoms. The van der Waals surface area contributed by atoms with Crippen LogP contribution in [0.5, 0.6) is 0 Å². The second-order valence-corrected chi connectivity index (χ2v) is 4.29. The molecule has 1 saturated carbocycles. The van der Waals surface area contributed by atoms with Gasteiger partial charge in [-0.2, -0.15) is 0 Å². The van der Waals surface area contributed by atoms with Gasteiger partial charge in [0.15, 0.2) is 0 Å². The monoisotopic (exact) mass is 182 g/mol. The smallest absolute Gasteiger partial charge is 0.0844 e. The summed E-state index contributed by atoms with van der Waals surface area (Å²) in [5.74, 6) is 0. The Morgan fingerprint density at radius 1 is 1.69 bits per heavy atom. The molecular formula is C11H18O2. The molecule has 1 fully saturated rings. The molecule has 1 aliphatic rings. The zero-order valence-electron chi connectivity index (χ0n) is 8.63. The molecule has 0 spiro atoms. The molecule has 0 saturated heterocycles. The van der Waals surface area contributed by atoms with Crippen LogP contribution < -0.4 is 0 Å². The number of aliphatic hydroxyl groups is 1. The number of hydrogen-bond donors (Lipinski definition) is 1. The Bertz CT molecular complexity index is 238. The lowest BCUT2D eigenvalue weighted by Crippen LogP contribution is -2.23. The van der Waals surface area contributed by atoms with Crippen molar-refractivity contribution < 1.29 is 9.84 Å². The SMILES string of the molecule is C=C1CC(C)(C)C(O)/C1=C/COC. The lowest BCUT2D eigenvalue weighted by Gasteiger charge is -2.21. The van der Waals surface area contributed by atoms with Crippen LogP contribution in [0.3, 0.4) is 0 Å². The fourth-order valence-corrected chi connectivity index (χ4v) is 1.79. The first-order chi connectivity index (χ1) is 5.99. The first kappa shape index (κ1) is 10.5. The van der Waals surface area contributed by atoms with Crippen molar-refractivity contribution in [1.82, 2.24) is 0 Å². The molecule has 2 nitrogen and oxygen atoms in total. The first-order valence-corrected chi connectivity index (χ1v) is 4.54. The molecule has 0 amide bonds. The summed E-state index contributed by atoms with van der Waals surface area (Å²) in [6, 6.07) is 0. The number of aliphatic hydroxyl groups excluding tert-OH is 1. The molecule has 0 heterocycles. The van der Waals surface area contributed by atoms with E-state index in [1.165, 1.54) is 0 Å². The quantitative estimate of drug-likeness (QED) is 0.707. The predicted molar refractivity (Wildman–Crippen MR) is 53.5 cm³/mol. The minimum absolute atomic E-state index is 0.0728. The highest BCUT2D eigenvalue weighted by molar-refractivity contribution is 5.39. The highest BCUT2D eigenvalue weighted by Crippen LogP contribution is 2.43. The van der Waals surface area contributed by atoms with E-state index in [1.807, 2.05) is 6.08 Å². The fourth-order valence-electron chi connectivity index (χ4n) is 1.79. The molecule has 0 radical (unpaired) electrons. The topological polar surface area (TPSA) is 29.5 Å². The fraction of sp³-hybridized carbons (Fsp3) is 0.636. The maximum Gasteiger partial charge on any atom is 0.0844 e. The van der Waals surface area contributed by atoms with Gasteiger partial charge in [-0.25, -0.2) is 0 Å². The molecule has 0 aromatic carbocycles. The van der Waals surface area contributed by atoms with Gasteiger partial charge in [-0.3, -0.25) is 0 Å². The zero-order chi connectivity index (χ0) is 10.1. The summed E-state index contributed by atoms with van der Waals surface area (Å²) in [6.45, 7) is 8.60. The average molecular weight is 182 g/mol. The van der Waals surface area contributed by atoms with E-state index >= 15 is 0 Å². The second kappa shape index (κ2) is 3.64. The number of methoxy groups -OCH3 is 1. The minimum Gasteiger partial charge on any atom is -0.388 e. The Morgan fingerprint density at radius 2 is 2.31 bits per heavy atom. The largest absolute Gasteiger partial charge is 0.388 e. The second-order valence-electron chi connectivity index (χ2n) is 4.29. The highest BCUT2D eigenvalue weighted by Gasteiger charge is 2.38. The van der Waals surface area contributed by atoms with Gasteiger partial charge in [0.25, 0.3) is 0 Å². The van der Waals surface area contributed by atoms with Crippen molar-refractivity contribution in [2.45, 2.75) is 26.4 Å². The molecule has 0 aromatic heterocycles. The van der Waals surface area contributed by atoms with Crippen LogP contribution in [0.15, 0.2) is 23.8 Å². The van der Waals surface area contributed by atoms with Crippen LogP contribution in [0.4, 0.5) is 0 Å². The Labute approximate surface area is 79.9 Å². The third-order valence-corrected chi connectivity index (χ3v) is 2.58. The van der Waals surface area contributed by atoms with Gasteiger partial charge in [-0.05, 0) is 23.0 Å². The van der Waals surface area contributed by atoms with Gasteiger partial charge < -0.3 is 9.84 Å². The van der Waals surface area contributed by atoms with Gasteiger partial charge in [0, 0.05) is 7.11 Å². The molecule has 0 aliphatic heterocycles. The van der Waals surface area contributed by atoms with E-state index in [4.69, 9.17) is 4.74 Å². The van der Waals surface area contributed by atoms with Crippen LogP contribution in [-0.4, -0.2) is 24.9 Å². The standard InChI is InChI=1S/C11H18O2/c1-8-7-11(2,3)10(12)9(8)5-6-13-4/h5,10,12H,1,6-7H2,2-4H3/b9-5+. The minimum atomic E-state index is -0.393. The first-order valence-electron chi connectivity index (χ1n) is 4.54. The van der Waals surface area contributed by atoms with Crippen molar-refractivity contribution in [3.8, 4) is 0 Å². The average Bonchev–Trinajstić information content (AvgIpc) is 2.21. The van der Waals surface area contributed by atoms with Gasteiger partial charge in [-0.1, -0.05) is 26.5 Å². The molecule has 1 aliphatic carbocycles. The van der Waals surface area contributed by atoms with Crippen LogP contribution in [0.1, 0.15) is 20.3 Å². The Kier molecular flexibility index (Phi) is 2.94. The van der Waals surface area contributed by atoms with E-state index in [2.05, 4.69) is 20.4 Å². The van der Waals surface area contributed by atoms with Gasteiger partial charge in [0.05, 0.1) is 12.7 Å². The molecule has 0 aromatic rings. The van der Waals surface area contributed by atoms with Crippen molar-refractivity contribution >= 4 is 0 Å². The van der Waals surface area contributed by atoms with Gasteiger partial charge in [0.1, 0.15) is 0 Å². The number of rotatable bonds is 2. The molecule has 0 bridgehead atoms. The number of ether oxygens (including phenoxy) is 1. The van der Waals surface area contributed by atoms with Crippen LogP contribution in [0, 0.1) is 5.41 Å². The van der Waals surface area contributed by atoms with Crippen molar-refractivity contribution in [2.75, 3.05) is 13.7 Å². The van der Waals surface area contributed by atoms with E-state index in [9.17, 15) is 5.11 Å². The zero-order valence-corrected chi connectivity index (χ0v) is 8.63. The van der Waals surface area contributed by atoms with Gasteiger partial charge in [-0.15, -0.1) is 0 Å². The van der Waals surface area contributed by atoms with Gasteiger partial charge >= 0.3 is 0 Å². The normalized spacial score (nSPS) is 30.0. The lowest BCUT2D eigenvalue weighted by molar-refractivity contribution is 0.104. The van der Waals surface area contributed by atoms with Crippen LogP contribution in [0.25, 0.3) is 0 Å².